The Balaban J connectivity index is -0.0000000800. The fraction of sp³-hybridized carbons (Fsp3) is 0. The van der Waals surface area contributed by atoms with Crippen molar-refractivity contribution in [1.29, 1.82) is 0 Å². The van der Waals surface area contributed by atoms with Crippen molar-refractivity contribution < 1.29 is 65.0 Å². The molecule has 36 valence electrons. The molecule has 0 aromatic carbocycles. The van der Waals surface area contributed by atoms with Gasteiger partial charge in [-0.3, -0.25) is 0 Å². The van der Waals surface area contributed by atoms with Crippen LogP contribution in [0.1, 0.15) is 0 Å². The molecule has 0 aliphatic heterocycles. The van der Waals surface area contributed by atoms with E-state index in [0.29, 0.717) is 0 Å². The van der Waals surface area contributed by atoms with Crippen LogP contribution in [0.3, 0.4) is 0 Å². The molecule has 0 spiro atoms. The number of hydrogen-bond donors (Lipinski definition) is 0. The van der Waals surface area contributed by atoms with E-state index in [1.807, 2.05) is 0 Å². The maximum atomic E-state index is 8.58. The Bertz CT molecular complexity index is 94.9. The Morgan fingerprint density at radius 3 is 1.14 bits per heavy atom. The molecular formula is LaMnO4Sr. The van der Waals surface area contributed by atoms with Crippen molar-refractivity contribution in [3.63, 3.8) is 0 Å². The fourth-order valence-electron chi connectivity index (χ4n) is 0. The van der Waals surface area contributed by atoms with Gasteiger partial charge < -0.3 is 0 Å². The van der Waals surface area contributed by atoms with Crippen LogP contribution in [0.15, 0.2) is 0 Å². The second kappa shape index (κ2) is 6.83. The molecule has 0 fully saturated rings. The van der Waals surface area contributed by atoms with Crippen LogP contribution in [0.4, 0.5) is 0 Å². The zero-order valence-corrected chi connectivity index (χ0v) is 11.6. The molecule has 0 atom stereocenters. The normalized spacial score (nSPS) is 8.29. The van der Waals surface area contributed by atoms with E-state index in [2.05, 4.69) is 0 Å². The molecule has 0 unspecified atom stereocenters. The van der Waals surface area contributed by atoms with Crippen LogP contribution in [-0.2, 0) is 21.0 Å². The second-order valence-electron chi connectivity index (χ2n) is 0.378. The first-order valence-corrected chi connectivity index (χ1v) is 2.54. The third-order valence-electron chi connectivity index (χ3n) is 0. The molecule has 7 heavy (non-hydrogen) atoms. The summed E-state index contributed by atoms with van der Waals surface area (Å²) in [6, 6.07) is 0. The first-order chi connectivity index (χ1) is 2.00. The van der Waals surface area contributed by atoms with E-state index in [-0.39, 0.29) is 81.1 Å². The predicted molar refractivity (Wildman–Crippen MR) is 7.13 cm³/mol. The van der Waals surface area contributed by atoms with Gasteiger partial charge in [-0.25, -0.2) is 0 Å². The van der Waals surface area contributed by atoms with E-state index in [9.17, 15) is 0 Å². The molecule has 0 saturated carbocycles. The molecule has 0 aromatic rings. The van der Waals surface area contributed by atoms with Gasteiger partial charge in [-0.1, -0.05) is 0 Å². The zero-order chi connectivity index (χ0) is 4.50. The van der Waals surface area contributed by atoms with E-state index in [0.717, 1.165) is 0 Å². The van der Waals surface area contributed by atoms with Crippen LogP contribution in [0, 0.1) is 35.6 Å². The van der Waals surface area contributed by atoms with Crippen LogP contribution in [-0.4, -0.2) is 45.5 Å². The smallest absolute Gasteiger partial charge is 2.00 e. The Morgan fingerprint density at radius 1 is 1.14 bits per heavy atom. The van der Waals surface area contributed by atoms with Crippen LogP contribution < -0.4 is 8.38 Å². The summed E-state index contributed by atoms with van der Waals surface area (Å²) in [7, 11) is 0. The predicted octanol–water partition coefficient (Wildman–Crippen LogP) is -3.00. The second-order valence-corrected chi connectivity index (χ2v) is 1.56. The summed E-state index contributed by atoms with van der Waals surface area (Å²) in [4.78, 5) is 0. The Hall–Kier alpha value is 2.71. The summed E-state index contributed by atoms with van der Waals surface area (Å²) in [5, 5.41) is 0. The SMILES string of the molecule is [La].[O]=[Mn](=[O])([O-])[O-].[Sr+2]. The van der Waals surface area contributed by atoms with Crippen LogP contribution >= 0.6 is 0 Å². The van der Waals surface area contributed by atoms with Gasteiger partial charge in [-0.2, -0.15) is 0 Å². The van der Waals surface area contributed by atoms with Crippen molar-refractivity contribution in [2.45, 2.75) is 0 Å². The molecule has 0 amide bonds. The standard InChI is InChI=1S/La.Mn.4O.Sr/q;;;;2*-1;+2. The third-order valence-corrected chi connectivity index (χ3v) is 0. The van der Waals surface area contributed by atoms with Crippen LogP contribution in [0.5, 0.6) is 0 Å². The minimum absolute atomic E-state index is 0. The molecule has 0 N–H and O–H groups in total. The topological polar surface area (TPSA) is 80.3 Å². The monoisotopic (exact) mass is 346 g/mol. The Labute approximate surface area is 108 Å². The molecule has 0 bridgehead atoms. The average molecular weight is 345 g/mol. The van der Waals surface area contributed by atoms with Crippen molar-refractivity contribution in [1.82, 2.24) is 0 Å². The number of rotatable bonds is 0. The van der Waals surface area contributed by atoms with Gasteiger partial charge in [-0.05, 0) is 0 Å². The molecule has 0 saturated heterocycles. The number of hydrogen-bond acceptors (Lipinski definition) is 4. The molecule has 0 aromatic heterocycles. The molecular weight excluding hydrogens is 345 g/mol. The summed E-state index contributed by atoms with van der Waals surface area (Å²) < 4.78 is 34.3. The van der Waals surface area contributed by atoms with E-state index >= 15 is 0 Å². The molecule has 7 heteroatoms. The molecule has 0 rings (SSSR count). The summed E-state index contributed by atoms with van der Waals surface area (Å²) in [6.45, 7) is 0. The van der Waals surface area contributed by atoms with Gasteiger partial charge in [0.25, 0.3) is 0 Å². The van der Waals surface area contributed by atoms with Crippen molar-refractivity contribution in [2.75, 3.05) is 0 Å². The zero-order valence-electron chi connectivity index (χ0n) is 3.30. The van der Waals surface area contributed by atoms with Crippen molar-refractivity contribution >= 4 is 45.5 Å². The summed E-state index contributed by atoms with van der Waals surface area (Å²) >= 11 is -5.62. The van der Waals surface area contributed by atoms with Gasteiger partial charge in [0, 0.05) is 35.6 Å². The van der Waals surface area contributed by atoms with Crippen molar-refractivity contribution in [3.05, 3.63) is 0 Å². The van der Waals surface area contributed by atoms with Crippen LogP contribution in [0.25, 0.3) is 0 Å². The Kier molecular flexibility index (Phi) is 16.0. The molecule has 4 nitrogen and oxygen atoms in total. The maximum Gasteiger partial charge on any atom is 2.00 e. The van der Waals surface area contributed by atoms with Crippen LogP contribution in [0.2, 0.25) is 0 Å². The van der Waals surface area contributed by atoms with Gasteiger partial charge in [0.15, 0.2) is 0 Å². The van der Waals surface area contributed by atoms with Crippen molar-refractivity contribution in [2.24, 2.45) is 0 Å². The molecule has 0 aliphatic rings. The van der Waals surface area contributed by atoms with E-state index in [4.69, 9.17) is 16.0 Å². The van der Waals surface area contributed by atoms with Gasteiger partial charge in [0.1, 0.15) is 0 Å². The molecule has 0 aliphatic carbocycles. The first kappa shape index (κ1) is 16.4. The minimum atomic E-state index is -5.62. The minimum Gasteiger partial charge on any atom is 2.00 e. The van der Waals surface area contributed by atoms with Gasteiger partial charge in [0.2, 0.25) is 0 Å². The van der Waals surface area contributed by atoms with E-state index in [1.54, 1.807) is 0 Å². The first-order valence-electron chi connectivity index (χ1n) is 0.617. The largest absolute Gasteiger partial charge is 2.00 e. The van der Waals surface area contributed by atoms with E-state index in [1.165, 1.54) is 0 Å². The Morgan fingerprint density at radius 2 is 1.14 bits per heavy atom. The average Bonchev–Trinajstić information content (AvgIpc) is 0.722. The summed E-state index contributed by atoms with van der Waals surface area (Å²) in [5.74, 6) is 0. The van der Waals surface area contributed by atoms with Gasteiger partial charge >= 0.3 is 74.9 Å². The fourth-order valence-corrected chi connectivity index (χ4v) is 0. The molecule has 0 heterocycles. The van der Waals surface area contributed by atoms with Crippen molar-refractivity contribution in [3.8, 4) is 0 Å². The third kappa shape index (κ3) is 53.3. The van der Waals surface area contributed by atoms with Gasteiger partial charge in [-0.15, -0.1) is 0 Å². The van der Waals surface area contributed by atoms with Gasteiger partial charge in [0.05, 0.1) is 0 Å². The quantitative estimate of drug-likeness (QED) is 0.438. The summed E-state index contributed by atoms with van der Waals surface area (Å²) in [5.41, 5.74) is 0. The van der Waals surface area contributed by atoms with E-state index < -0.39 is 13.4 Å². The summed E-state index contributed by atoms with van der Waals surface area (Å²) in [6.07, 6.45) is 0. The molecule has 1 radical (unpaired) electrons. The maximum absolute atomic E-state index is 8.58.